The molecule has 0 bridgehead atoms. The number of anilines is 1. The van der Waals surface area contributed by atoms with Crippen LogP contribution in [0.5, 0.6) is 0 Å². The smallest absolute Gasteiger partial charge is 0.357 e. The van der Waals surface area contributed by atoms with E-state index < -0.39 is 10.8 Å². The number of amides is 1. The number of hydrogen-bond donors (Lipinski definition) is 2. The van der Waals surface area contributed by atoms with Crippen LogP contribution in [0.4, 0.5) is 11.5 Å². The Morgan fingerprint density at radius 1 is 1.42 bits per heavy atom. The van der Waals surface area contributed by atoms with E-state index in [1.807, 2.05) is 18.3 Å². The minimum absolute atomic E-state index is 0.0118. The molecule has 2 heterocycles. The summed E-state index contributed by atoms with van der Waals surface area (Å²) in [6.07, 6.45) is 3.53. The average molecular weight is 391 g/mol. The van der Waals surface area contributed by atoms with Crippen LogP contribution in [0.25, 0.3) is 0 Å². The van der Waals surface area contributed by atoms with Crippen LogP contribution in [-0.2, 0) is 6.54 Å². The lowest BCUT2D eigenvalue weighted by molar-refractivity contribution is -0.390. The zero-order valence-corrected chi connectivity index (χ0v) is 13.7. The highest BCUT2D eigenvalue weighted by Gasteiger charge is 2.24. The lowest BCUT2D eigenvalue weighted by Crippen LogP contribution is -2.13. The summed E-state index contributed by atoms with van der Waals surface area (Å²) >= 11 is 3.01. The molecule has 3 rings (SSSR count). The van der Waals surface area contributed by atoms with Crippen molar-refractivity contribution < 1.29 is 9.72 Å². The van der Waals surface area contributed by atoms with E-state index in [-0.39, 0.29) is 16.0 Å². The first-order chi connectivity index (χ1) is 11.5. The van der Waals surface area contributed by atoms with Gasteiger partial charge in [-0.05, 0) is 44.6 Å². The van der Waals surface area contributed by atoms with Crippen LogP contribution in [0.2, 0.25) is 0 Å². The highest BCUT2D eigenvalue weighted by Crippen LogP contribution is 2.26. The highest BCUT2D eigenvalue weighted by molar-refractivity contribution is 9.10. The van der Waals surface area contributed by atoms with Crippen molar-refractivity contribution in [3.8, 4) is 0 Å². The quantitative estimate of drug-likeness (QED) is 0.512. The Morgan fingerprint density at radius 2 is 2.25 bits per heavy atom. The van der Waals surface area contributed by atoms with Crippen LogP contribution in [0.3, 0.4) is 0 Å². The third-order valence-electron chi connectivity index (χ3n) is 3.18. The van der Waals surface area contributed by atoms with E-state index >= 15 is 0 Å². The Balaban J connectivity index is 1.76. The van der Waals surface area contributed by atoms with Crippen molar-refractivity contribution in [2.24, 2.45) is 0 Å². The van der Waals surface area contributed by atoms with E-state index in [2.05, 4.69) is 36.5 Å². The SMILES string of the molecule is O=C(Nc1cccc(Cn2cccn2)c1)c1n[nH]c([N+](=O)[O-])c1Br. The monoisotopic (exact) mass is 390 g/mol. The minimum Gasteiger partial charge on any atom is -0.358 e. The second-order valence-electron chi connectivity index (χ2n) is 4.85. The summed E-state index contributed by atoms with van der Waals surface area (Å²) in [5.74, 6) is -0.921. The van der Waals surface area contributed by atoms with Gasteiger partial charge in [0.1, 0.15) is 4.47 Å². The summed E-state index contributed by atoms with van der Waals surface area (Å²) in [6, 6.07) is 9.06. The van der Waals surface area contributed by atoms with Crippen molar-refractivity contribution in [1.29, 1.82) is 0 Å². The number of aromatic nitrogens is 4. The first kappa shape index (κ1) is 15.9. The standard InChI is InChI=1S/C14H11BrN6O3/c15-11-12(18-19-13(11)21(23)24)14(22)17-10-4-1-3-9(7-10)8-20-6-2-5-16-20/h1-7H,8H2,(H,17,22)(H,18,19). The number of rotatable bonds is 5. The summed E-state index contributed by atoms with van der Waals surface area (Å²) in [4.78, 5) is 22.4. The number of nitrogens with zero attached hydrogens (tertiary/aromatic N) is 4. The van der Waals surface area contributed by atoms with Crippen molar-refractivity contribution in [1.82, 2.24) is 20.0 Å². The average Bonchev–Trinajstić information content (AvgIpc) is 3.17. The number of nitro groups is 1. The number of benzene rings is 1. The normalized spacial score (nSPS) is 10.5. The predicted molar refractivity (Wildman–Crippen MR) is 88.7 cm³/mol. The van der Waals surface area contributed by atoms with Gasteiger partial charge in [0.25, 0.3) is 5.91 Å². The number of H-pyrrole nitrogens is 1. The number of aromatic amines is 1. The van der Waals surface area contributed by atoms with E-state index in [9.17, 15) is 14.9 Å². The largest absolute Gasteiger partial charge is 0.358 e. The maximum atomic E-state index is 12.2. The number of carbonyl (C=O) groups is 1. The lowest BCUT2D eigenvalue weighted by Gasteiger charge is -2.06. The molecular formula is C14H11BrN6O3. The fraction of sp³-hybridized carbons (Fsp3) is 0.0714. The van der Waals surface area contributed by atoms with Gasteiger partial charge >= 0.3 is 5.82 Å². The van der Waals surface area contributed by atoms with Gasteiger partial charge in [0, 0.05) is 18.1 Å². The van der Waals surface area contributed by atoms with Gasteiger partial charge in [-0.1, -0.05) is 17.2 Å². The van der Waals surface area contributed by atoms with Crippen LogP contribution in [-0.4, -0.2) is 30.8 Å². The molecule has 3 aromatic rings. The Labute approximate surface area is 144 Å². The maximum absolute atomic E-state index is 12.2. The van der Waals surface area contributed by atoms with Gasteiger partial charge in [0.2, 0.25) is 0 Å². The molecule has 0 saturated carbocycles. The zero-order chi connectivity index (χ0) is 17.1. The van der Waals surface area contributed by atoms with Crippen LogP contribution in [0.1, 0.15) is 16.1 Å². The Bertz CT molecular complexity index is 890. The second-order valence-corrected chi connectivity index (χ2v) is 5.64. The number of nitrogens with one attached hydrogen (secondary N) is 2. The van der Waals surface area contributed by atoms with Gasteiger partial charge < -0.3 is 15.4 Å². The molecule has 1 aromatic carbocycles. The van der Waals surface area contributed by atoms with Gasteiger partial charge in [0.15, 0.2) is 5.69 Å². The molecule has 0 atom stereocenters. The zero-order valence-electron chi connectivity index (χ0n) is 12.1. The minimum atomic E-state index is -0.654. The fourth-order valence-corrected chi connectivity index (χ4v) is 2.61. The third kappa shape index (κ3) is 3.33. The molecule has 9 nitrogen and oxygen atoms in total. The Hall–Kier alpha value is -3.01. The van der Waals surface area contributed by atoms with Crippen molar-refractivity contribution in [3.05, 3.63) is 68.6 Å². The predicted octanol–water partition coefficient (Wildman–Crippen LogP) is 2.58. The summed E-state index contributed by atoms with van der Waals surface area (Å²) in [5, 5.41) is 23.5. The fourth-order valence-electron chi connectivity index (χ4n) is 2.11. The molecule has 122 valence electrons. The van der Waals surface area contributed by atoms with Crippen molar-refractivity contribution in [3.63, 3.8) is 0 Å². The van der Waals surface area contributed by atoms with Gasteiger partial charge in [0.05, 0.1) is 6.54 Å². The maximum Gasteiger partial charge on any atom is 0.357 e. The summed E-state index contributed by atoms with van der Waals surface area (Å²) < 4.78 is 1.77. The highest BCUT2D eigenvalue weighted by atomic mass is 79.9. The first-order valence-corrected chi connectivity index (χ1v) is 7.60. The molecule has 0 fully saturated rings. The van der Waals surface area contributed by atoms with Crippen LogP contribution in [0.15, 0.2) is 47.2 Å². The number of halogens is 1. The van der Waals surface area contributed by atoms with Crippen molar-refractivity contribution in [2.75, 3.05) is 5.32 Å². The topological polar surface area (TPSA) is 119 Å². The number of carbonyl (C=O) groups excluding carboxylic acids is 1. The molecular weight excluding hydrogens is 380 g/mol. The summed E-state index contributed by atoms with van der Waals surface area (Å²) in [6.45, 7) is 0.564. The third-order valence-corrected chi connectivity index (χ3v) is 3.93. The lowest BCUT2D eigenvalue weighted by atomic mass is 10.2. The van der Waals surface area contributed by atoms with Gasteiger partial charge in [-0.25, -0.2) is 0 Å². The van der Waals surface area contributed by atoms with E-state index in [1.54, 1.807) is 29.1 Å². The van der Waals surface area contributed by atoms with Gasteiger partial charge in [-0.15, -0.1) is 5.10 Å². The molecule has 0 aliphatic carbocycles. The molecule has 24 heavy (non-hydrogen) atoms. The summed E-state index contributed by atoms with van der Waals surface area (Å²) in [5.41, 5.74) is 1.42. The van der Waals surface area contributed by atoms with Gasteiger partial charge in [-0.3, -0.25) is 9.48 Å². The molecule has 0 aliphatic heterocycles. The Morgan fingerprint density at radius 3 is 2.92 bits per heavy atom. The van der Waals surface area contributed by atoms with E-state index in [0.717, 1.165) is 5.56 Å². The molecule has 0 aliphatic rings. The van der Waals surface area contributed by atoms with Gasteiger partial charge in [-0.2, -0.15) is 5.10 Å². The molecule has 2 aromatic heterocycles. The first-order valence-electron chi connectivity index (χ1n) is 6.80. The molecule has 0 spiro atoms. The van der Waals surface area contributed by atoms with Crippen LogP contribution >= 0.6 is 15.9 Å². The van der Waals surface area contributed by atoms with Crippen molar-refractivity contribution in [2.45, 2.75) is 6.54 Å². The molecule has 2 N–H and O–H groups in total. The van der Waals surface area contributed by atoms with Crippen LogP contribution in [0, 0.1) is 10.1 Å². The molecule has 10 heteroatoms. The molecule has 1 amide bonds. The Kier molecular flexibility index (Phi) is 4.38. The van der Waals surface area contributed by atoms with Crippen LogP contribution < -0.4 is 5.32 Å². The molecule has 0 unspecified atom stereocenters. The van der Waals surface area contributed by atoms with E-state index in [1.165, 1.54) is 0 Å². The molecule has 0 saturated heterocycles. The van der Waals surface area contributed by atoms with E-state index in [4.69, 9.17) is 0 Å². The second kappa shape index (κ2) is 6.62. The van der Waals surface area contributed by atoms with E-state index in [0.29, 0.717) is 12.2 Å². The molecule has 0 radical (unpaired) electrons. The summed E-state index contributed by atoms with van der Waals surface area (Å²) in [7, 11) is 0. The number of hydrogen-bond acceptors (Lipinski definition) is 5. The van der Waals surface area contributed by atoms with Crippen molar-refractivity contribution >= 4 is 33.3 Å².